The molecule has 0 fully saturated rings. The van der Waals surface area contributed by atoms with Gasteiger partial charge in [-0.25, -0.2) is 0 Å². The normalized spacial score (nSPS) is 19.1. The lowest BCUT2D eigenvalue weighted by atomic mass is 9.75. The van der Waals surface area contributed by atoms with E-state index in [9.17, 15) is 9.59 Å². The largest absolute Gasteiger partial charge is 0.293 e. The van der Waals surface area contributed by atoms with E-state index < -0.39 is 5.41 Å². The second-order valence-electron chi connectivity index (χ2n) is 7.85. The fourth-order valence-corrected chi connectivity index (χ4v) is 5.06. The van der Waals surface area contributed by atoms with Crippen LogP contribution in [0.25, 0.3) is 16.5 Å². The highest BCUT2D eigenvalue weighted by Gasteiger charge is 2.54. The van der Waals surface area contributed by atoms with E-state index in [1.807, 2.05) is 79.7 Å². The van der Waals surface area contributed by atoms with Gasteiger partial charge < -0.3 is 0 Å². The predicted molar refractivity (Wildman–Crippen MR) is 110 cm³/mol. The minimum Gasteiger partial charge on any atom is -0.293 e. The fourth-order valence-electron chi connectivity index (χ4n) is 5.06. The van der Waals surface area contributed by atoms with Crippen molar-refractivity contribution in [2.75, 3.05) is 0 Å². The third-order valence-corrected chi connectivity index (χ3v) is 6.32. The molecular weight excluding hydrogens is 346 g/mol. The molecule has 1 atom stereocenters. The summed E-state index contributed by atoms with van der Waals surface area (Å²) in [4.78, 5) is 27.2. The van der Waals surface area contributed by atoms with Crippen LogP contribution < -0.4 is 5.56 Å². The van der Waals surface area contributed by atoms with Gasteiger partial charge in [-0.3, -0.25) is 14.2 Å². The quantitative estimate of drug-likeness (QED) is 0.466. The molecule has 1 aromatic heterocycles. The molecule has 0 bridgehead atoms. The number of aromatic nitrogens is 1. The number of pyridine rings is 1. The second kappa shape index (κ2) is 5.08. The highest BCUT2D eigenvalue weighted by molar-refractivity contribution is 6.12. The van der Waals surface area contributed by atoms with Gasteiger partial charge in [-0.05, 0) is 48.1 Å². The van der Waals surface area contributed by atoms with Gasteiger partial charge in [0.15, 0.2) is 5.78 Å². The van der Waals surface area contributed by atoms with Crippen molar-refractivity contribution in [3.8, 4) is 5.69 Å². The summed E-state index contributed by atoms with van der Waals surface area (Å²) >= 11 is 0. The number of rotatable bonds is 0. The minimum absolute atomic E-state index is 0.0516. The molecule has 1 spiro atoms. The fraction of sp³-hybridized carbons (Fsp3) is 0.120. The molecule has 1 aliphatic carbocycles. The van der Waals surface area contributed by atoms with E-state index in [0.717, 1.165) is 39.0 Å². The van der Waals surface area contributed by atoms with Crippen LogP contribution in [-0.4, -0.2) is 10.4 Å². The Labute approximate surface area is 161 Å². The third-order valence-electron chi connectivity index (χ3n) is 6.32. The summed E-state index contributed by atoms with van der Waals surface area (Å²) in [5.74, 6) is 0.0904. The average molecular weight is 363 g/mol. The maximum atomic E-state index is 13.7. The number of hydrogen-bond donors (Lipinski definition) is 0. The summed E-state index contributed by atoms with van der Waals surface area (Å²) in [6.45, 7) is 1.99. The van der Waals surface area contributed by atoms with Crippen LogP contribution >= 0.6 is 0 Å². The number of para-hydroxylation sites is 1. The van der Waals surface area contributed by atoms with Gasteiger partial charge >= 0.3 is 0 Å². The molecule has 3 heteroatoms. The lowest BCUT2D eigenvalue weighted by Crippen LogP contribution is -2.34. The second-order valence-corrected chi connectivity index (χ2v) is 7.85. The molecule has 6 rings (SSSR count). The molecule has 3 nitrogen and oxygen atoms in total. The Morgan fingerprint density at radius 2 is 1.68 bits per heavy atom. The number of carbonyl (C=O) groups excluding carboxylic acids is 1. The molecule has 28 heavy (non-hydrogen) atoms. The number of hydrogen-bond acceptors (Lipinski definition) is 2. The van der Waals surface area contributed by atoms with E-state index in [1.54, 1.807) is 4.57 Å². The zero-order valence-corrected chi connectivity index (χ0v) is 15.4. The first-order chi connectivity index (χ1) is 13.6. The van der Waals surface area contributed by atoms with Crippen molar-refractivity contribution in [3.05, 3.63) is 111 Å². The molecule has 3 aromatic carbocycles. The van der Waals surface area contributed by atoms with E-state index in [1.165, 1.54) is 0 Å². The Hall–Kier alpha value is -3.46. The molecule has 2 heterocycles. The zero-order chi connectivity index (χ0) is 19.0. The third kappa shape index (κ3) is 1.70. The lowest BCUT2D eigenvalue weighted by molar-refractivity contribution is 0.0930. The van der Waals surface area contributed by atoms with E-state index >= 15 is 0 Å². The number of ketones is 1. The van der Waals surface area contributed by atoms with Crippen LogP contribution in [0.2, 0.25) is 0 Å². The number of aryl methyl sites for hydroxylation is 1. The van der Waals surface area contributed by atoms with Crippen molar-refractivity contribution in [1.82, 2.24) is 4.57 Å². The Balaban J connectivity index is 1.78. The minimum atomic E-state index is -0.821. The summed E-state index contributed by atoms with van der Waals surface area (Å²) < 4.78 is 1.76. The van der Waals surface area contributed by atoms with Crippen molar-refractivity contribution in [1.29, 1.82) is 0 Å². The van der Waals surface area contributed by atoms with Gasteiger partial charge in [0.1, 0.15) is 5.41 Å². The molecular formula is C25H17NO2. The maximum Gasteiger partial charge on any atom is 0.263 e. The van der Waals surface area contributed by atoms with Crippen molar-refractivity contribution in [2.24, 2.45) is 0 Å². The number of benzene rings is 3. The van der Waals surface area contributed by atoms with Crippen LogP contribution in [0.15, 0.2) is 77.6 Å². The van der Waals surface area contributed by atoms with E-state index in [-0.39, 0.29) is 11.3 Å². The van der Waals surface area contributed by atoms with Crippen LogP contribution in [0, 0.1) is 6.92 Å². The van der Waals surface area contributed by atoms with E-state index in [4.69, 9.17) is 0 Å². The van der Waals surface area contributed by atoms with Gasteiger partial charge in [-0.2, -0.15) is 0 Å². The summed E-state index contributed by atoms with van der Waals surface area (Å²) in [6.07, 6.45) is 0.593. The molecule has 2 aliphatic rings. The highest BCUT2D eigenvalue weighted by Crippen LogP contribution is 2.50. The van der Waals surface area contributed by atoms with Gasteiger partial charge in [0, 0.05) is 16.6 Å². The molecule has 1 aliphatic heterocycles. The Bertz CT molecular complexity index is 1400. The van der Waals surface area contributed by atoms with Gasteiger partial charge in [0.05, 0.1) is 5.69 Å². The monoisotopic (exact) mass is 363 g/mol. The number of Topliss-reactive ketones (excluding diaryl/α,β-unsaturated/α-hetero) is 1. The van der Waals surface area contributed by atoms with Crippen molar-refractivity contribution >= 4 is 16.6 Å². The molecule has 0 saturated carbocycles. The average Bonchev–Trinajstić information content (AvgIpc) is 3.17. The summed E-state index contributed by atoms with van der Waals surface area (Å²) in [5.41, 5.74) is 4.54. The molecule has 0 radical (unpaired) electrons. The van der Waals surface area contributed by atoms with Crippen LogP contribution in [0.4, 0.5) is 0 Å². The first-order valence-electron chi connectivity index (χ1n) is 9.51. The lowest BCUT2D eigenvalue weighted by Gasteiger charge is -2.23. The highest BCUT2D eigenvalue weighted by atomic mass is 16.1. The topological polar surface area (TPSA) is 39.1 Å². The smallest absolute Gasteiger partial charge is 0.263 e. The maximum absolute atomic E-state index is 13.7. The number of fused-ring (bicyclic) bond motifs is 7. The predicted octanol–water partition coefficient (Wildman–Crippen LogP) is 4.34. The molecule has 1 unspecified atom stereocenters. The summed E-state index contributed by atoms with van der Waals surface area (Å²) in [7, 11) is 0. The number of carbonyl (C=O) groups is 1. The Morgan fingerprint density at radius 1 is 0.893 bits per heavy atom. The van der Waals surface area contributed by atoms with Crippen molar-refractivity contribution in [2.45, 2.75) is 18.8 Å². The zero-order valence-electron chi connectivity index (χ0n) is 15.4. The van der Waals surface area contributed by atoms with Crippen LogP contribution in [0.3, 0.4) is 0 Å². The van der Waals surface area contributed by atoms with Gasteiger partial charge in [0.2, 0.25) is 0 Å². The molecule has 0 amide bonds. The molecule has 4 aromatic rings. The van der Waals surface area contributed by atoms with Crippen molar-refractivity contribution < 1.29 is 4.79 Å². The van der Waals surface area contributed by atoms with E-state index in [2.05, 4.69) is 0 Å². The van der Waals surface area contributed by atoms with Crippen LogP contribution in [0.5, 0.6) is 0 Å². The Kier molecular flexibility index (Phi) is 2.83. The Morgan fingerprint density at radius 3 is 2.54 bits per heavy atom. The van der Waals surface area contributed by atoms with Crippen molar-refractivity contribution in [3.63, 3.8) is 0 Å². The summed E-state index contributed by atoms with van der Waals surface area (Å²) in [5, 5.41) is 1.58. The molecule has 0 saturated heterocycles. The first kappa shape index (κ1) is 15.6. The van der Waals surface area contributed by atoms with Gasteiger partial charge in [-0.15, -0.1) is 0 Å². The SMILES string of the molecule is Cc1ccc2cc3n(c(=O)c2c1)-c1ccccc1C31Cc2ccccc2C1=O. The van der Waals surface area contributed by atoms with Crippen LogP contribution in [-0.2, 0) is 11.8 Å². The standard InChI is InChI=1S/C25H17NO2/c1-15-10-11-16-13-22-25(14-17-6-2-3-7-18(17)23(25)27)20-8-4-5-9-21(20)26(22)24(28)19(16)12-15/h2-13H,14H2,1H3. The number of nitrogens with zero attached hydrogens (tertiary/aromatic N) is 1. The molecule has 0 N–H and O–H groups in total. The first-order valence-corrected chi connectivity index (χ1v) is 9.51. The molecule has 134 valence electrons. The van der Waals surface area contributed by atoms with Gasteiger partial charge in [-0.1, -0.05) is 60.2 Å². The summed E-state index contributed by atoms with van der Waals surface area (Å²) in [6, 6.07) is 23.6. The van der Waals surface area contributed by atoms with Gasteiger partial charge in [0.25, 0.3) is 5.56 Å². The van der Waals surface area contributed by atoms with E-state index in [0.29, 0.717) is 11.8 Å². The van der Waals surface area contributed by atoms with Crippen LogP contribution in [0.1, 0.15) is 32.7 Å².